The second-order valence-corrected chi connectivity index (χ2v) is 7.74. The molecule has 0 amide bonds. The van der Waals surface area contributed by atoms with Crippen molar-refractivity contribution in [2.75, 3.05) is 31.6 Å². The van der Waals surface area contributed by atoms with Gasteiger partial charge in [-0.25, -0.2) is 9.97 Å². The number of anilines is 1. The minimum Gasteiger partial charge on any atom is -0.372 e. The van der Waals surface area contributed by atoms with E-state index in [1.807, 2.05) is 38.0 Å². The van der Waals surface area contributed by atoms with Crippen molar-refractivity contribution >= 4 is 5.95 Å². The van der Waals surface area contributed by atoms with E-state index >= 15 is 0 Å². The summed E-state index contributed by atoms with van der Waals surface area (Å²) >= 11 is 0. The second kappa shape index (κ2) is 6.96. The molecule has 1 spiro atoms. The van der Waals surface area contributed by atoms with Crippen LogP contribution in [-0.4, -0.2) is 56.5 Å². The van der Waals surface area contributed by atoms with Gasteiger partial charge in [-0.1, -0.05) is 0 Å². The highest BCUT2D eigenvalue weighted by Gasteiger charge is 2.52. The molecular weight excluding hydrogens is 328 g/mol. The Morgan fingerprint density at radius 2 is 2.04 bits per heavy atom. The molecule has 0 aromatic carbocycles. The molecule has 7 nitrogen and oxygen atoms in total. The van der Waals surface area contributed by atoms with Crippen molar-refractivity contribution < 1.29 is 4.74 Å². The van der Waals surface area contributed by atoms with Crippen LogP contribution in [0.3, 0.4) is 0 Å². The number of hydrogen-bond donors (Lipinski definition) is 1. The van der Waals surface area contributed by atoms with Crippen LogP contribution in [0, 0.1) is 19.8 Å². The van der Waals surface area contributed by atoms with E-state index in [1.54, 1.807) is 0 Å². The van der Waals surface area contributed by atoms with Crippen LogP contribution in [-0.2, 0) is 18.3 Å². The van der Waals surface area contributed by atoms with Crippen molar-refractivity contribution in [1.29, 1.82) is 0 Å². The topological polar surface area (TPSA) is 68.1 Å². The van der Waals surface area contributed by atoms with Crippen molar-refractivity contribution in [1.82, 2.24) is 24.6 Å². The monoisotopic (exact) mass is 356 g/mol. The largest absolute Gasteiger partial charge is 0.372 e. The van der Waals surface area contributed by atoms with Crippen molar-refractivity contribution in [2.24, 2.45) is 13.0 Å². The van der Waals surface area contributed by atoms with Crippen LogP contribution < -0.4 is 5.32 Å². The van der Waals surface area contributed by atoms with Gasteiger partial charge >= 0.3 is 0 Å². The molecule has 2 aromatic rings. The molecule has 7 heteroatoms. The summed E-state index contributed by atoms with van der Waals surface area (Å²) in [4.78, 5) is 11.1. The average Bonchev–Trinajstić information content (AvgIpc) is 3.13. The van der Waals surface area contributed by atoms with Crippen molar-refractivity contribution in [3.63, 3.8) is 0 Å². The van der Waals surface area contributed by atoms with Crippen LogP contribution >= 0.6 is 0 Å². The third-order valence-electron chi connectivity index (χ3n) is 5.62. The molecule has 4 rings (SSSR count). The number of likely N-dealkylation sites (tertiary alicyclic amines) is 1. The minimum absolute atomic E-state index is 0.0451. The van der Waals surface area contributed by atoms with Crippen LogP contribution in [0.25, 0.3) is 0 Å². The Morgan fingerprint density at radius 3 is 2.73 bits per heavy atom. The van der Waals surface area contributed by atoms with Gasteiger partial charge in [-0.2, -0.15) is 5.10 Å². The smallest absolute Gasteiger partial charge is 0.222 e. The third kappa shape index (κ3) is 3.46. The first-order valence-electron chi connectivity index (χ1n) is 9.42. The van der Waals surface area contributed by atoms with Crippen LogP contribution in [0.15, 0.2) is 18.5 Å². The van der Waals surface area contributed by atoms with Gasteiger partial charge in [0, 0.05) is 52.2 Å². The van der Waals surface area contributed by atoms with Gasteiger partial charge in [0.25, 0.3) is 0 Å². The first-order chi connectivity index (χ1) is 12.5. The van der Waals surface area contributed by atoms with Crippen LogP contribution in [0.2, 0.25) is 0 Å². The lowest BCUT2D eigenvalue weighted by Crippen LogP contribution is -2.64. The summed E-state index contributed by atoms with van der Waals surface area (Å²) in [7, 11) is 2.02. The zero-order chi connectivity index (χ0) is 18.1. The quantitative estimate of drug-likeness (QED) is 0.853. The summed E-state index contributed by atoms with van der Waals surface area (Å²) in [5, 5.41) is 7.78. The first kappa shape index (κ1) is 17.4. The molecule has 0 bridgehead atoms. The zero-order valence-electron chi connectivity index (χ0n) is 15.9. The Balaban J connectivity index is 1.27. The standard InChI is InChI=1S/C19H28N6O/c1-14-9-21-18(22-10-14)20-6-4-16-5-7-26-19(16)12-25(13-19)11-17-8-15(2)23-24(17)3/h8-10,16H,4-7,11-13H2,1-3H3,(H,20,21,22)/t16-/m0/s1. The Morgan fingerprint density at radius 1 is 1.27 bits per heavy atom. The number of hydrogen-bond acceptors (Lipinski definition) is 6. The predicted molar refractivity (Wildman–Crippen MR) is 99.9 cm³/mol. The number of aromatic nitrogens is 4. The molecule has 2 saturated heterocycles. The maximum Gasteiger partial charge on any atom is 0.222 e. The molecule has 2 aliphatic heterocycles. The molecule has 0 aliphatic carbocycles. The van der Waals surface area contributed by atoms with Crippen LogP contribution in [0.5, 0.6) is 0 Å². The lowest BCUT2D eigenvalue weighted by Gasteiger charge is -2.50. The highest BCUT2D eigenvalue weighted by Crippen LogP contribution is 2.42. The molecule has 26 heavy (non-hydrogen) atoms. The van der Waals surface area contributed by atoms with E-state index in [1.165, 1.54) is 5.69 Å². The highest BCUT2D eigenvalue weighted by molar-refractivity contribution is 5.24. The fourth-order valence-electron chi connectivity index (χ4n) is 4.25. The lowest BCUT2D eigenvalue weighted by atomic mass is 9.79. The molecule has 2 aliphatic rings. The number of nitrogens with one attached hydrogen (secondary N) is 1. The van der Waals surface area contributed by atoms with Gasteiger partial charge in [-0.15, -0.1) is 0 Å². The maximum absolute atomic E-state index is 6.19. The van der Waals surface area contributed by atoms with Crippen molar-refractivity contribution in [3.05, 3.63) is 35.4 Å². The molecule has 2 aromatic heterocycles. The second-order valence-electron chi connectivity index (χ2n) is 7.74. The molecule has 0 radical (unpaired) electrons. The third-order valence-corrected chi connectivity index (χ3v) is 5.62. The first-order valence-corrected chi connectivity index (χ1v) is 9.42. The van der Waals surface area contributed by atoms with Gasteiger partial charge in [0.2, 0.25) is 5.95 Å². The summed E-state index contributed by atoms with van der Waals surface area (Å²) in [6.07, 6.45) is 5.93. The van der Waals surface area contributed by atoms with Crippen molar-refractivity contribution in [3.8, 4) is 0 Å². The molecule has 2 fully saturated rings. The Kier molecular flexibility index (Phi) is 4.67. The van der Waals surface area contributed by atoms with Gasteiger partial charge in [-0.05, 0) is 44.2 Å². The summed E-state index contributed by atoms with van der Waals surface area (Å²) in [5.41, 5.74) is 3.47. The summed E-state index contributed by atoms with van der Waals surface area (Å²) in [6, 6.07) is 2.17. The van der Waals surface area contributed by atoms with E-state index in [0.29, 0.717) is 11.9 Å². The van der Waals surface area contributed by atoms with Crippen molar-refractivity contribution in [2.45, 2.75) is 38.8 Å². The number of aryl methyl sites for hydroxylation is 3. The summed E-state index contributed by atoms with van der Waals surface area (Å²) in [5.74, 6) is 1.32. The molecule has 1 atom stereocenters. The van der Waals surface area contributed by atoms with E-state index < -0.39 is 0 Å². The van der Waals surface area contributed by atoms with E-state index in [0.717, 1.165) is 56.9 Å². The Labute approximate surface area is 154 Å². The van der Waals surface area contributed by atoms with Gasteiger partial charge < -0.3 is 10.1 Å². The van der Waals surface area contributed by atoms with Gasteiger partial charge in [0.1, 0.15) is 0 Å². The summed E-state index contributed by atoms with van der Waals surface area (Å²) < 4.78 is 8.17. The average molecular weight is 356 g/mol. The van der Waals surface area contributed by atoms with Gasteiger partial charge in [-0.3, -0.25) is 9.58 Å². The molecule has 4 heterocycles. The van der Waals surface area contributed by atoms with E-state index in [2.05, 4.69) is 31.3 Å². The molecule has 140 valence electrons. The van der Waals surface area contributed by atoms with E-state index in [4.69, 9.17) is 4.74 Å². The maximum atomic E-state index is 6.19. The number of ether oxygens (including phenoxy) is 1. The van der Waals surface area contributed by atoms with E-state index in [-0.39, 0.29) is 5.60 Å². The van der Waals surface area contributed by atoms with Crippen LogP contribution in [0.1, 0.15) is 29.8 Å². The minimum atomic E-state index is 0.0451. The van der Waals surface area contributed by atoms with Gasteiger partial charge in [0.15, 0.2) is 0 Å². The molecule has 0 saturated carbocycles. The zero-order valence-corrected chi connectivity index (χ0v) is 15.9. The van der Waals surface area contributed by atoms with Gasteiger partial charge in [0.05, 0.1) is 17.0 Å². The number of rotatable bonds is 6. The fourth-order valence-corrected chi connectivity index (χ4v) is 4.25. The Hall–Kier alpha value is -1.99. The molecule has 1 N–H and O–H groups in total. The highest BCUT2D eigenvalue weighted by atomic mass is 16.5. The number of nitrogens with zero attached hydrogens (tertiary/aromatic N) is 5. The summed E-state index contributed by atoms with van der Waals surface area (Å²) in [6.45, 7) is 8.79. The lowest BCUT2D eigenvalue weighted by molar-refractivity contribution is -0.137. The molecule has 0 unspecified atom stereocenters. The van der Waals surface area contributed by atoms with E-state index in [9.17, 15) is 0 Å². The van der Waals surface area contributed by atoms with Crippen LogP contribution in [0.4, 0.5) is 5.95 Å². The normalized spacial score (nSPS) is 21.9. The fraction of sp³-hybridized carbons (Fsp3) is 0.632. The Bertz CT molecular complexity index is 750. The SMILES string of the molecule is Cc1cnc(NCC[C@H]2CCOC23CN(Cc2cc(C)nn2C)C3)nc1. The predicted octanol–water partition coefficient (Wildman–Crippen LogP) is 1.92. The molecular formula is C19H28N6O.